The van der Waals surface area contributed by atoms with Crippen molar-refractivity contribution < 1.29 is 4.79 Å². The molecule has 0 spiro atoms. The second-order valence-corrected chi connectivity index (χ2v) is 4.73. The summed E-state index contributed by atoms with van der Waals surface area (Å²) in [6, 6.07) is 0.0366. The van der Waals surface area contributed by atoms with Crippen LogP contribution in [0.2, 0.25) is 0 Å². The van der Waals surface area contributed by atoms with Crippen LogP contribution >= 0.6 is 0 Å². The molecule has 1 aliphatic rings. The first-order valence-corrected chi connectivity index (χ1v) is 5.60. The Hall–Kier alpha value is -0.570. The zero-order chi connectivity index (χ0) is 10.6. The second kappa shape index (κ2) is 4.78. The minimum atomic E-state index is -0.0732. The monoisotopic (exact) mass is 198 g/mol. The number of carbonyl (C=O) groups is 1. The molecule has 2 N–H and O–H groups in total. The third-order valence-electron chi connectivity index (χ3n) is 2.97. The lowest BCUT2D eigenvalue weighted by Crippen LogP contribution is -2.53. The van der Waals surface area contributed by atoms with Crippen LogP contribution in [-0.4, -0.2) is 24.0 Å². The van der Waals surface area contributed by atoms with Crippen LogP contribution in [0.3, 0.4) is 0 Å². The lowest BCUT2D eigenvalue weighted by atomic mass is 9.99. The maximum atomic E-state index is 11.8. The normalized spacial score (nSPS) is 23.2. The molecule has 82 valence electrons. The van der Waals surface area contributed by atoms with Gasteiger partial charge in [0, 0.05) is 5.54 Å². The van der Waals surface area contributed by atoms with Crippen molar-refractivity contribution in [3.63, 3.8) is 0 Å². The Morgan fingerprint density at radius 1 is 1.50 bits per heavy atom. The van der Waals surface area contributed by atoms with Crippen molar-refractivity contribution in [2.75, 3.05) is 6.54 Å². The van der Waals surface area contributed by atoms with Crippen molar-refractivity contribution in [3.8, 4) is 0 Å². The van der Waals surface area contributed by atoms with Gasteiger partial charge < -0.3 is 10.6 Å². The standard InChI is InChI=1S/C11H22N2O/c1-4-11(2,3)13-10(14)9-7-5-6-8-12-9/h9,12H,4-8H2,1-3H3,(H,13,14). The molecule has 0 bridgehead atoms. The van der Waals surface area contributed by atoms with Gasteiger partial charge >= 0.3 is 0 Å². The van der Waals surface area contributed by atoms with Crippen LogP contribution in [0.15, 0.2) is 0 Å². The minimum absolute atomic E-state index is 0.0366. The predicted molar refractivity (Wildman–Crippen MR) is 58.2 cm³/mol. The highest BCUT2D eigenvalue weighted by atomic mass is 16.2. The zero-order valence-corrected chi connectivity index (χ0v) is 9.52. The summed E-state index contributed by atoms with van der Waals surface area (Å²) in [6.07, 6.45) is 4.30. The molecule has 14 heavy (non-hydrogen) atoms. The first-order valence-electron chi connectivity index (χ1n) is 5.60. The van der Waals surface area contributed by atoms with E-state index in [0.29, 0.717) is 0 Å². The molecule has 1 heterocycles. The van der Waals surface area contributed by atoms with E-state index in [2.05, 4.69) is 31.4 Å². The zero-order valence-electron chi connectivity index (χ0n) is 9.52. The van der Waals surface area contributed by atoms with Crippen LogP contribution in [0.25, 0.3) is 0 Å². The van der Waals surface area contributed by atoms with E-state index in [0.717, 1.165) is 25.8 Å². The van der Waals surface area contributed by atoms with Crippen molar-refractivity contribution in [1.82, 2.24) is 10.6 Å². The quantitative estimate of drug-likeness (QED) is 0.720. The van der Waals surface area contributed by atoms with E-state index in [-0.39, 0.29) is 17.5 Å². The predicted octanol–water partition coefficient (Wildman–Crippen LogP) is 1.43. The van der Waals surface area contributed by atoms with Crippen LogP contribution in [0.1, 0.15) is 46.5 Å². The Morgan fingerprint density at radius 3 is 2.71 bits per heavy atom. The molecule has 1 unspecified atom stereocenters. The van der Waals surface area contributed by atoms with Crippen LogP contribution in [0, 0.1) is 0 Å². The number of nitrogens with one attached hydrogen (secondary N) is 2. The SMILES string of the molecule is CCC(C)(C)NC(=O)C1CCCCN1. The third kappa shape index (κ3) is 3.29. The topological polar surface area (TPSA) is 41.1 Å². The summed E-state index contributed by atoms with van der Waals surface area (Å²) in [7, 11) is 0. The highest BCUT2D eigenvalue weighted by Gasteiger charge is 2.25. The number of amides is 1. The summed E-state index contributed by atoms with van der Waals surface area (Å²) < 4.78 is 0. The van der Waals surface area contributed by atoms with Gasteiger partial charge in [0.05, 0.1) is 6.04 Å². The van der Waals surface area contributed by atoms with Gasteiger partial charge in [-0.2, -0.15) is 0 Å². The van der Waals surface area contributed by atoms with Gasteiger partial charge in [0.2, 0.25) is 5.91 Å². The molecule has 0 aromatic carbocycles. The molecule has 1 amide bonds. The molecule has 1 rings (SSSR count). The molecular weight excluding hydrogens is 176 g/mol. The molecule has 3 nitrogen and oxygen atoms in total. The highest BCUT2D eigenvalue weighted by Crippen LogP contribution is 2.11. The maximum Gasteiger partial charge on any atom is 0.237 e. The van der Waals surface area contributed by atoms with E-state index in [9.17, 15) is 4.79 Å². The molecule has 1 saturated heterocycles. The van der Waals surface area contributed by atoms with Crippen molar-refractivity contribution in [1.29, 1.82) is 0 Å². The minimum Gasteiger partial charge on any atom is -0.350 e. The molecule has 1 fully saturated rings. The lowest BCUT2D eigenvalue weighted by molar-refractivity contribution is -0.125. The lowest BCUT2D eigenvalue weighted by Gasteiger charge is -2.29. The third-order valence-corrected chi connectivity index (χ3v) is 2.97. The number of carbonyl (C=O) groups excluding carboxylic acids is 1. The number of piperidine rings is 1. The Kier molecular flexibility index (Phi) is 3.93. The summed E-state index contributed by atoms with van der Waals surface area (Å²) in [5.41, 5.74) is -0.0732. The van der Waals surface area contributed by atoms with Gasteiger partial charge in [-0.15, -0.1) is 0 Å². The first kappa shape index (κ1) is 11.5. The van der Waals surface area contributed by atoms with E-state index in [4.69, 9.17) is 0 Å². The fourth-order valence-electron chi connectivity index (χ4n) is 1.58. The van der Waals surface area contributed by atoms with E-state index in [1.165, 1.54) is 6.42 Å². The van der Waals surface area contributed by atoms with Gasteiger partial charge in [-0.1, -0.05) is 13.3 Å². The molecule has 0 radical (unpaired) electrons. The largest absolute Gasteiger partial charge is 0.350 e. The number of rotatable bonds is 3. The summed E-state index contributed by atoms with van der Waals surface area (Å²) in [6.45, 7) is 7.20. The van der Waals surface area contributed by atoms with Gasteiger partial charge in [0.1, 0.15) is 0 Å². The second-order valence-electron chi connectivity index (χ2n) is 4.73. The highest BCUT2D eigenvalue weighted by molar-refractivity contribution is 5.82. The molecule has 0 saturated carbocycles. The summed E-state index contributed by atoms with van der Waals surface area (Å²) in [4.78, 5) is 11.8. The Balaban J connectivity index is 2.40. The van der Waals surface area contributed by atoms with E-state index in [1.54, 1.807) is 0 Å². The molecule has 1 aliphatic heterocycles. The molecular formula is C11H22N2O. The summed E-state index contributed by atoms with van der Waals surface area (Å²) in [5.74, 6) is 0.163. The molecule has 1 atom stereocenters. The van der Waals surface area contributed by atoms with Gasteiger partial charge in [0.25, 0.3) is 0 Å². The first-order chi connectivity index (χ1) is 6.55. The summed E-state index contributed by atoms with van der Waals surface area (Å²) >= 11 is 0. The van der Waals surface area contributed by atoms with Gasteiger partial charge in [-0.25, -0.2) is 0 Å². The van der Waals surface area contributed by atoms with E-state index >= 15 is 0 Å². The van der Waals surface area contributed by atoms with Crippen LogP contribution < -0.4 is 10.6 Å². The van der Waals surface area contributed by atoms with Gasteiger partial charge in [-0.05, 0) is 39.7 Å². The van der Waals surface area contributed by atoms with Gasteiger partial charge in [-0.3, -0.25) is 4.79 Å². The maximum absolute atomic E-state index is 11.8. The van der Waals surface area contributed by atoms with Crippen molar-refractivity contribution in [2.45, 2.75) is 58.0 Å². The average Bonchev–Trinajstić information content (AvgIpc) is 2.19. The smallest absolute Gasteiger partial charge is 0.237 e. The Bertz CT molecular complexity index is 195. The Morgan fingerprint density at radius 2 is 2.21 bits per heavy atom. The van der Waals surface area contributed by atoms with Crippen LogP contribution in [-0.2, 0) is 4.79 Å². The fourth-order valence-corrected chi connectivity index (χ4v) is 1.58. The molecule has 0 aromatic rings. The van der Waals surface area contributed by atoms with Crippen molar-refractivity contribution in [3.05, 3.63) is 0 Å². The van der Waals surface area contributed by atoms with Crippen LogP contribution in [0.4, 0.5) is 0 Å². The van der Waals surface area contributed by atoms with E-state index in [1.807, 2.05) is 0 Å². The number of hydrogen-bond acceptors (Lipinski definition) is 2. The average molecular weight is 198 g/mol. The van der Waals surface area contributed by atoms with Crippen molar-refractivity contribution >= 4 is 5.91 Å². The molecule has 3 heteroatoms. The van der Waals surface area contributed by atoms with Crippen LogP contribution in [0.5, 0.6) is 0 Å². The Labute approximate surface area is 86.6 Å². The number of hydrogen-bond donors (Lipinski definition) is 2. The molecule has 0 aliphatic carbocycles. The summed E-state index contributed by atoms with van der Waals surface area (Å²) in [5, 5.41) is 6.33. The molecule has 0 aromatic heterocycles. The van der Waals surface area contributed by atoms with Gasteiger partial charge in [0.15, 0.2) is 0 Å². The fraction of sp³-hybridized carbons (Fsp3) is 0.909. The van der Waals surface area contributed by atoms with E-state index < -0.39 is 0 Å². The van der Waals surface area contributed by atoms with Crippen molar-refractivity contribution in [2.24, 2.45) is 0 Å².